The van der Waals surface area contributed by atoms with Gasteiger partial charge in [-0.3, -0.25) is 9.59 Å². The van der Waals surface area contributed by atoms with Gasteiger partial charge in [0, 0.05) is 5.39 Å². The highest BCUT2D eigenvalue weighted by Crippen LogP contribution is 2.49. The zero-order chi connectivity index (χ0) is 33.5. The average Bonchev–Trinajstić information content (AvgIpc) is 3.04. The second-order valence-electron chi connectivity index (χ2n) is 9.73. The molecule has 1 heterocycles. The van der Waals surface area contributed by atoms with E-state index in [0.717, 1.165) is 0 Å². The summed E-state index contributed by atoms with van der Waals surface area (Å²) in [6, 6.07) is 21.9. The van der Waals surface area contributed by atoms with Crippen LogP contribution >= 0.6 is 0 Å². The van der Waals surface area contributed by atoms with E-state index in [1.165, 1.54) is 24.3 Å². The molecule has 0 aliphatic rings. The molecule has 0 unspecified atom stereocenters. The van der Waals surface area contributed by atoms with Gasteiger partial charge in [0.15, 0.2) is 23.8 Å². The van der Waals surface area contributed by atoms with Crippen LogP contribution in [0.2, 0.25) is 0 Å². The Balaban J connectivity index is 1.67. The highest BCUT2D eigenvalue weighted by molar-refractivity contribution is 6.01. The Labute approximate surface area is 256 Å². The zero-order valence-corrected chi connectivity index (χ0v) is 23.5. The van der Waals surface area contributed by atoms with Crippen molar-refractivity contribution >= 4 is 22.8 Å². The van der Waals surface area contributed by atoms with E-state index in [2.05, 4.69) is 10.3 Å². The van der Waals surface area contributed by atoms with Gasteiger partial charge in [-0.15, -0.1) is 0 Å². The Bertz CT molecular complexity index is 1660. The summed E-state index contributed by atoms with van der Waals surface area (Å²) in [6.45, 7) is -3.68. The molecule has 1 amide bonds. The zero-order valence-electron chi connectivity index (χ0n) is 23.5. The van der Waals surface area contributed by atoms with Gasteiger partial charge < -0.3 is 19.5 Å². The number of benzene rings is 3. The number of para-hydroxylation sites is 1. The van der Waals surface area contributed by atoms with Crippen LogP contribution in [0.4, 0.5) is 35.1 Å². The number of aromatic nitrogens is 1. The van der Waals surface area contributed by atoms with E-state index in [4.69, 9.17) is 14.2 Å². The highest BCUT2D eigenvalue weighted by Gasteiger charge is 2.75. The predicted molar refractivity (Wildman–Crippen MR) is 147 cm³/mol. The number of carbonyl (C=O) groups is 2. The molecule has 7 nitrogen and oxygen atoms in total. The number of carbonyl (C=O) groups excluding carboxylic acids is 2. The van der Waals surface area contributed by atoms with E-state index in [9.17, 15) is 44.7 Å². The van der Waals surface area contributed by atoms with Crippen molar-refractivity contribution in [2.75, 3.05) is 13.2 Å². The Morgan fingerprint density at radius 1 is 0.739 bits per heavy atom. The van der Waals surface area contributed by atoms with Gasteiger partial charge >= 0.3 is 30.2 Å². The second kappa shape index (κ2) is 14.0. The molecule has 0 aliphatic heterocycles. The van der Waals surface area contributed by atoms with Crippen LogP contribution in [-0.4, -0.2) is 54.2 Å². The average molecular weight is 657 g/mol. The van der Waals surface area contributed by atoms with Crippen LogP contribution in [0.3, 0.4) is 0 Å². The standard InChI is InChI=1S/C31H24F8N2O5/c32-28(33)30(36,37)31(38,39)29(34,35)18-46-25-21-13-7-8-14-22(21)41-24(26(25)45-17-20-11-5-2-6-12-20)27(43)40-15-23(42)44-16-19-9-3-1-4-10-19/h1-14,28H,15-18H2,(H,40,43). The van der Waals surface area contributed by atoms with Crippen molar-refractivity contribution in [1.29, 1.82) is 0 Å². The number of ether oxygens (including phenoxy) is 3. The third kappa shape index (κ3) is 7.46. The van der Waals surface area contributed by atoms with Crippen molar-refractivity contribution in [3.8, 4) is 11.5 Å². The molecule has 4 aromatic rings. The number of halogens is 8. The van der Waals surface area contributed by atoms with Crippen molar-refractivity contribution < 1.29 is 58.9 Å². The first-order valence-electron chi connectivity index (χ1n) is 13.4. The van der Waals surface area contributed by atoms with Gasteiger partial charge in [0.05, 0.1) is 5.52 Å². The first-order valence-corrected chi connectivity index (χ1v) is 13.4. The van der Waals surface area contributed by atoms with Crippen LogP contribution in [0, 0.1) is 0 Å². The maximum atomic E-state index is 14.5. The lowest BCUT2D eigenvalue weighted by molar-refractivity contribution is -0.342. The first-order chi connectivity index (χ1) is 21.7. The fourth-order valence-electron chi connectivity index (χ4n) is 3.98. The molecule has 1 aromatic heterocycles. The van der Waals surface area contributed by atoms with Gasteiger partial charge in [0.25, 0.3) is 5.91 Å². The predicted octanol–water partition coefficient (Wildman–Crippen LogP) is 6.84. The molecule has 4 rings (SSSR count). The van der Waals surface area contributed by atoms with Crippen LogP contribution in [0.5, 0.6) is 11.5 Å². The van der Waals surface area contributed by atoms with Gasteiger partial charge in [0.2, 0.25) is 0 Å². The first kappa shape index (κ1) is 33.9. The molecule has 0 saturated carbocycles. The Kier molecular flexibility index (Phi) is 10.3. The third-order valence-corrected chi connectivity index (χ3v) is 6.43. The number of hydrogen-bond donors (Lipinski definition) is 1. The molecule has 15 heteroatoms. The van der Waals surface area contributed by atoms with E-state index in [1.54, 1.807) is 60.7 Å². The summed E-state index contributed by atoms with van der Waals surface area (Å²) in [4.78, 5) is 29.7. The molecular weight excluding hydrogens is 632 g/mol. The summed E-state index contributed by atoms with van der Waals surface area (Å²) in [6.07, 6.45) is -5.12. The topological polar surface area (TPSA) is 86.8 Å². The number of nitrogens with one attached hydrogen (secondary N) is 1. The van der Waals surface area contributed by atoms with Crippen molar-refractivity contribution in [3.05, 3.63) is 102 Å². The van der Waals surface area contributed by atoms with Gasteiger partial charge in [-0.1, -0.05) is 72.8 Å². The molecule has 244 valence electrons. The number of alkyl halides is 8. The Morgan fingerprint density at radius 2 is 1.30 bits per heavy atom. The van der Waals surface area contributed by atoms with E-state index in [1.807, 2.05) is 0 Å². The maximum absolute atomic E-state index is 14.5. The fourth-order valence-corrected chi connectivity index (χ4v) is 3.98. The van der Waals surface area contributed by atoms with Crippen LogP contribution in [0.1, 0.15) is 21.6 Å². The third-order valence-electron chi connectivity index (χ3n) is 6.43. The van der Waals surface area contributed by atoms with Gasteiger partial charge in [0.1, 0.15) is 19.8 Å². The van der Waals surface area contributed by atoms with Crippen LogP contribution in [0.15, 0.2) is 84.9 Å². The molecule has 46 heavy (non-hydrogen) atoms. The summed E-state index contributed by atoms with van der Waals surface area (Å²) in [5.74, 6) is -22.2. The Morgan fingerprint density at radius 3 is 1.91 bits per heavy atom. The van der Waals surface area contributed by atoms with Crippen molar-refractivity contribution in [3.63, 3.8) is 0 Å². The molecule has 0 spiro atoms. The number of esters is 1. The molecule has 0 fully saturated rings. The van der Waals surface area contributed by atoms with Crippen LogP contribution < -0.4 is 14.8 Å². The number of rotatable bonds is 14. The number of hydrogen-bond acceptors (Lipinski definition) is 6. The van der Waals surface area contributed by atoms with Crippen LogP contribution in [-0.2, 0) is 22.7 Å². The highest BCUT2D eigenvalue weighted by atomic mass is 19.4. The molecule has 1 N–H and O–H groups in total. The fraction of sp³-hybridized carbons (Fsp3) is 0.258. The Hall–Kier alpha value is -4.95. The van der Waals surface area contributed by atoms with Gasteiger partial charge in [-0.2, -0.15) is 26.3 Å². The lowest BCUT2D eigenvalue weighted by Gasteiger charge is -2.32. The summed E-state index contributed by atoms with van der Waals surface area (Å²) in [5, 5.41) is 2.06. The minimum Gasteiger partial charge on any atom is -0.483 e. The van der Waals surface area contributed by atoms with Crippen molar-refractivity contribution in [2.45, 2.75) is 37.4 Å². The number of nitrogens with zero attached hydrogens (tertiary/aromatic N) is 1. The molecule has 0 aliphatic carbocycles. The minimum absolute atomic E-state index is 0.114. The van der Waals surface area contributed by atoms with E-state index in [0.29, 0.717) is 11.1 Å². The molecule has 0 saturated heterocycles. The molecular formula is C31H24F8N2O5. The smallest absolute Gasteiger partial charge is 0.381 e. The SMILES string of the molecule is O=C(CNC(=O)c1nc2ccccc2c(OCC(F)(F)C(F)(F)C(F)(F)C(F)F)c1OCc1ccccc1)OCc1ccccc1. The number of pyridine rings is 1. The molecule has 0 radical (unpaired) electrons. The minimum atomic E-state index is -6.54. The van der Waals surface area contributed by atoms with E-state index >= 15 is 0 Å². The molecule has 3 aromatic carbocycles. The quantitative estimate of drug-likeness (QED) is 0.118. The summed E-state index contributed by atoms with van der Waals surface area (Å²) in [5.41, 5.74) is 0.360. The normalized spacial score (nSPS) is 12.2. The summed E-state index contributed by atoms with van der Waals surface area (Å²) >= 11 is 0. The maximum Gasteiger partial charge on any atom is 0.381 e. The lowest BCUT2D eigenvalue weighted by atomic mass is 10.1. The number of fused-ring (bicyclic) bond motifs is 1. The van der Waals surface area contributed by atoms with Gasteiger partial charge in [-0.25, -0.2) is 13.8 Å². The van der Waals surface area contributed by atoms with Crippen molar-refractivity contribution in [1.82, 2.24) is 10.3 Å². The van der Waals surface area contributed by atoms with E-state index < -0.39 is 66.4 Å². The van der Waals surface area contributed by atoms with Gasteiger partial charge in [-0.05, 0) is 23.3 Å². The molecule has 0 bridgehead atoms. The van der Waals surface area contributed by atoms with E-state index in [-0.39, 0.29) is 24.1 Å². The number of amides is 1. The largest absolute Gasteiger partial charge is 0.483 e. The lowest BCUT2D eigenvalue weighted by Crippen LogP contribution is -2.59. The van der Waals surface area contributed by atoms with Crippen molar-refractivity contribution in [2.24, 2.45) is 0 Å². The summed E-state index contributed by atoms with van der Waals surface area (Å²) in [7, 11) is 0. The molecule has 0 atom stereocenters. The monoisotopic (exact) mass is 656 g/mol. The second-order valence-corrected chi connectivity index (χ2v) is 9.73. The van der Waals surface area contributed by atoms with Crippen LogP contribution in [0.25, 0.3) is 10.9 Å². The summed E-state index contributed by atoms with van der Waals surface area (Å²) < 4.78 is 125.